The molecule has 1 heterocycles. The van der Waals surface area contributed by atoms with E-state index in [1.54, 1.807) is 0 Å². The third kappa shape index (κ3) is 1.85. The Morgan fingerprint density at radius 1 is 0.727 bits per heavy atom. The van der Waals surface area contributed by atoms with Crippen LogP contribution in [-0.4, -0.2) is 4.57 Å². The summed E-state index contributed by atoms with van der Waals surface area (Å²) in [5.41, 5.74) is 4.18. The van der Waals surface area contributed by atoms with Gasteiger partial charge in [0, 0.05) is 28.9 Å². The second kappa shape index (κ2) is 4.36. The lowest BCUT2D eigenvalue weighted by molar-refractivity contribution is 0.591. The Bertz CT molecular complexity index is 1010. The molecule has 4 rings (SSSR count). The highest BCUT2D eigenvalue weighted by molar-refractivity contribution is 6.12. The first-order chi connectivity index (χ1) is 10.4. The number of hydrogen-bond acceptors (Lipinski definition) is 0. The van der Waals surface area contributed by atoms with Gasteiger partial charge in [0.15, 0.2) is 0 Å². The molecule has 3 aromatic carbocycles. The van der Waals surface area contributed by atoms with Crippen LogP contribution in [0.1, 0.15) is 26.3 Å². The lowest BCUT2D eigenvalue weighted by Crippen LogP contribution is -2.10. The van der Waals surface area contributed by atoms with Gasteiger partial charge in [0.25, 0.3) is 0 Å². The van der Waals surface area contributed by atoms with E-state index in [1.807, 2.05) is 0 Å². The van der Waals surface area contributed by atoms with Gasteiger partial charge in [-0.1, -0.05) is 57.2 Å². The molecule has 0 bridgehead atoms. The van der Waals surface area contributed by atoms with Crippen LogP contribution in [0.25, 0.3) is 32.6 Å². The fourth-order valence-electron chi connectivity index (χ4n) is 3.35. The van der Waals surface area contributed by atoms with E-state index >= 15 is 0 Å². The summed E-state index contributed by atoms with van der Waals surface area (Å²) < 4.78 is 2.33. The van der Waals surface area contributed by atoms with Crippen molar-refractivity contribution in [3.8, 4) is 0 Å². The van der Waals surface area contributed by atoms with Crippen LogP contribution >= 0.6 is 0 Å². The van der Waals surface area contributed by atoms with Gasteiger partial charge in [-0.25, -0.2) is 0 Å². The van der Waals surface area contributed by atoms with Crippen molar-refractivity contribution in [1.29, 1.82) is 0 Å². The molecule has 1 heteroatoms. The summed E-state index contributed by atoms with van der Waals surface area (Å²) >= 11 is 0. The van der Waals surface area contributed by atoms with Crippen LogP contribution in [-0.2, 0) is 12.5 Å². The summed E-state index contributed by atoms with van der Waals surface area (Å²) in [5.74, 6) is 0. The van der Waals surface area contributed by atoms with Crippen LogP contribution in [0.2, 0.25) is 0 Å². The molecule has 110 valence electrons. The van der Waals surface area contributed by atoms with Crippen molar-refractivity contribution >= 4 is 32.6 Å². The molecule has 22 heavy (non-hydrogen) atoms. The number of rotatable bonds is 0. The Morgan fingerprint density at radius 2 is 1.36 bits per heavy atom. The highest BCUT2D eigenvalue weighted by Crippen LogP contribution is 2.34. The van der Waals surface area contributed by atoms with E-state index in [-0.39, 0.29) is 5.41 Å². The summed E-state index contributed by atoms with van der Waals surface area (Å²) in [6.45, 7) is 6.81. The predicted molar refractivity (Wildman–Crippen MR) is 96.6 cm³/mol. The minimum absolute atomic E-state index is 0.176. The van der Waals surface area contributed by atoms with E-state index in [1.165, 1.54) is 38.1 Å². The lowest BCUT2D eigenvalue weighted by Gasteiger charge is -2.19. The minimum atomic E-state index is 0.176. The van der Waals surface area contributed by atoms with Crippen molar-refractivity contribution < 1.29 is 0 Å². The summed E-state index contributed by atoms with van der Waals surface area (Å²) in [4.78, 5) is 0. The standard InChI is InChI=1S/C21H21N/c1-21(2,3)16-9-10-17-18-11-14-7-5-6-8-15(14)12-19(18)22(4)20(17)13-16/h5-13H,1-4H3. The molecule has 0 N–H and O–H groups in total. The van der Waals surface area contributed by atoms with Crippen LogP contribution in [0.3, 0.4) is 0 Å². The number of fused-ring (bicyclic) bond motifs is 4. The van der Waals surface area contributed by atoms with Crippen LogP contribution in [0.5, 0.6) is 0 Å². The SMILES string of the molecule is Cn1c2cc(C(C)(C)C)ccc2c2cc3ccccc3cc21. The molecule has 0 aliphatic carbocycles. The molecule has 0 spiro atoms. The topological polar surface area (TPSA) is 4.93 Å². The summed E-state index contributed by atoms with van der Waals surface area (Å²) in [5, 5.41) is 5.30. The highest BCUT2D eigenvalue weighted by atomic mass is 14.9. The average molecular weight is 287 g/mol. The molecule has 0 radical (unpaired) electrons. The molecule has 0 aliphatic rings. The zero-order valence-electron chi connectivity index (χ0n) is 13.6. The molecule has 1 aromatic heterocycles. The van der Waals surface area contributed by atoms with Gasteiger partial charge in [-0.05, 0) is 39.9 Å². The van der Waals surface area contributed by atoms with Crippen molar-refractivity contribution in [2.75, 3.05) is 0 Å². The van der Waals surface area contributed by atoms with Gasteiger partial charge in [-0.2, -0.15) is 0 Å². The molecule has 1 nitrogen and oxygen atoms in total. The molecule has 0 saturated carbocycles. The quantitative estimate of drug-likeness (QED) is 0.386. The Morgan fingerprint density at radius 3 is 2.05 bits per heavy atom. The van der Waals surface area contributed by atoms with Crippen LogP contribution in [0.15, 0.2) is 54.6 Å². The van der Waals surface area contributed by atoms with Crippen molar-refractivity contribution in [3.63, 3.8) is 0 Å². The van der Waals surface area contributed by atoms with Gasteiger partial charge >= 0.3 is 0 Å². The van der Waals surface area contributed by atoms with Crippen molar-refractivity contribution in [2.24, 2.45) is 7.05 Å². The Labute approximate surface area is 131 Å². The maximum Gasteiger partial charge on any atom is 0.0495 e. The Balaban J connectivity index is 2.14. The van der Waals surface area contributed by atoms with Gasteiger partial charge in [-0.3, -0.25) is 0 Å². The highest BCUT2D eigenvalue weighted by Gasteiger charge is 2.16. The smallest absolute Gasteiger partial charge is 0.0495 e. The number of benzene rings is 3. The monoisotopic (exact) mass is 287 g/mol. The molecule has 4 aromatic rings. The molecule has 0 amide bonds. The van der Waals surface area contributed by atoms with Gasteiger partial charge in [0.1, 0.15) is 0 Å². The summed E-state index contributed by atoms with van der Waals surface area (Å²) in [6.07, 6.45) is 0. The van der Waals surface area contributed by atoms with Gasteiger partial charge in [0.05, 0.1) is 0 Å². The van der Waals surface area contributed by atoms with Crippen LogP contribution in [0.4, 0.5) is 0 Å². The zero-order valence-corrected chi connectivity index (χ0v) is 13.6. The van der Waals surface area contributed by atoms with Crippen LogP contribution in [0, 0.1) is 0 Å². The summed E-state index contributed by atoms with van der Waals surface area (Å²) in [7, 11) is 2.17. The van der Waals surface area contributed by atoms with Crippen LogP contribution < -0.4 is 0 Å². The largest absolute Gasteiger partial charge is 0.344 e. The van der Waals surface area contributed by atoms with Crippen molar-refractivity contribution in [1.82, 2.24) is 4.57 Å². The van der Waals surface area contributed by atoms with E-state index in [0.29, 0.717) is 0 Å². The lowest BCUT2D eigenvalue weighted by atomic mass is 9.86. The molecular formula is C21H21N. The van der Waals surface area contributed by atoms with Gasteiger partial charge in [-0.15, -0.1) is 0 Å². The van der Waals surface area contributed by atoms with Crippen molar-refractivity contribution in [3.05, 3.63) is 60.2 Å². The maximum atomic E-state index is 2.35. The summed E-state index contributed by atoms with van der Waals surface area (Å²) in [6, 6.07) is 20.1. The van der Waals surface area contributed by atoms with Gasteiger partial charge < -0.3 is 4.57 Å². The number of nitrogens with zero attached hydrogens (tertiary/aromatic N) is 1. The van der Waals surface area contributed by atoms with E-state index in [9.17, 15) is 0 Å². The van der Waals surface area contributed by atoms with E-state index < -0.39 is 0 Å². The normalized spacial score (nSPS) is 12.5. The van der Waals surface area contributed by atoms with Crippen molar-refractivity contribution in [2.45, 2.75) is 26.2 Å². The minimum Gasteiger partial charge on any atom is -0.344 e. The number of aromatic nitrogens is 1. The molecule has 0 aliphatic heterocycles. The third-order valence-corrected chi connectivity index (χ3v) is 4.74. The third-order valence-electron chi connectivity index (χ3n) is 4.74. The molecule has 0 atom stereocenters. The Kier molecular flexibility index (Phi) is 2.65. The fourth-order valence-corrected chi connectivity index (χ4v) is 3.35. The van der Waals surface area contributed by atoms with E-state index in [2.05, 4.69) is 87.0 Å². The first-order valence-corrected chi connectivity index (χ1v) is 7.86. The molecule has 0 saturated heterocycles. The second-order valence-electron chi connectivity index (χ2n) is 7.26. The molecule has 0 unspecified atom stereocenters. The fraction of sp³-hybridized carbons (Fsp3) is 0.238. The van der Waals surface area contributed by atoms with E-state index in [0.717, 1.165) is 0 Å². The van der Waals surface area contributed by atoms with Gasteiger partial charge in [0.2, 0.25) is 0 Å². The first kappa shape index (κ1) is 13.4. The Hall–Kier alpha value is -2.28. The first-order valence-electron chi connectivity index (χ1n) is 7.86. The zero-order chi connectivity index (χ0) is 15.5. The average Bonchev–Trinajstić information content (AvgIpc) is 2.77. The predicted octanol–water partition coefficient (Wildman–Crippen LogP) is 5.78. The number of hydrogen-bond donors (Lipinski definition) is 0. The second-order valence-corrected chi connectivity index (χ2v) is 7.26. The number of aryl methyl sites for hydroxylation is 1. The van der Waals surface area contributed by atoms with E-state index in [4.69, 9.17) is 0 Å². The molecular weight excluding hydrogens is 266 g/mol. The molecule has 0 fully saturated rings. The maximum absolute atomic E-state index is 2.35.